The Labute approximate surface area is 786 Å². The van der Waals surface area contributed by atoms with Crippen LogP contribution in [-0.2, 0) is 0 Å². The SMILES string of the molecule is c1ccc(-n2c3cc(-c4ccc5c(c4)oc4ccc(-n6c7cc8ccccc8cc7c7c8ccccc8ccc76)c(-c6nc(-c7cccc8c7oc7ccccc78)nc(-c7cccc8c7oc7ccccc78)n6)c45)ccc3c3ccc(-c4nc(-c5ccc6sc7ccccc7c6c5)nc(-c5c(-n6c7cc8ccccc8cc7c7c8ccccc8ccc76)ccc6oc7ccccc7c56)n4)cc32)cc1. The van der Waals surface area contributed by atoms with Gasteiger partial charge in [0, 0.05) is 112 Å². The molecule has 0 aliphatic heterocycles. The molecule has 638 valence electrons. The summed E-state index contributed by atoms with van der Waals surface area (Å²) in [5.41, 5.74) is 21.2. The summed E-state index contributed by atoms with van der Waals surface area (Å²) in [4.78, 5) is 34.5. The highest BCUT2D eigenvalue weighted by Crippen LogP contribution is 2.52. The molecule has 31 aromatic rings. The van der Waals surface area contributed by atoms with E-state index in [-0.39, 0.29) is 0 Å². The first-order valence-corrected chi connectivity index (χ1v) is 47.2. The van der Waals surface area contributed by atoms with Crippen LogP contribution in [0.1, 0.15) is 0 Å². The predicted octanol–water partition coefficient (Wildman–Crippen LogP) is 33.6. The van der Waals surface area contributed by atoms with E-state index in [4.69, 9.17) is 47.6 Å². The molecule has 13 nitrogen and oxygen atoms in total. The van der Waals surface area contributed by atoms with Crippen molar-refractivity contribution in [2.75, 3.05) is 0 Å². The first kappa shape index (κ1) is 75.1. The minimum Gasteiger partial charge on any atom is -0.456 e. The van der Waals surface area contributed by atoms with Crippen molar-refractivity contribution in [3.63, 3.8) is 0 Å². The molecule has 0 saturated carbocycles. The quantitative estimate of drug-likeness (QED) is 0.130. The molecule has 0 spiro atoms. The van der Waals surface area contributed by atoms with Crippen LogP contribution in [0.25, 0.3) is 313 Å². The van der Waals surface area contributed by atoms with Crippen LogP contribution in [-0.4, -0.2) is 43.6 Å². The second-order valence-corrected chi connectivity index (χ2v) is 37.2. The summed E-state index contributed by atoms with van der Waals surface area (Å²) >= 11 is 1.79. The molecule has 0 unspecified atom stereocenters. The number of hydrogen-bond acceptors (Lipinski definition) is 11. The monoisotopic (exact) mass is 1780 g/mol. The van der Waals surface area contributed by atoms with Gasteiger partial charge in [-0.1, -0.05) is 255 Å². The average Bonchev–Trinajstić information content (AvgIpc) is 1.54. The van der Waals surface area contributed by atoms with Crippen LogP contribution in [0.15, 0.2) is 424 Å². The lowest BCUT2D eigenvalue weighted by molar-refractivity contribution is 0.668. The minimum atomic E-state index is 0.428. The molecule has 0 bridgehead atoms. The Morgan fingerprint density at radius 2 is 0.587 bits per heavy atom. The van der Waals surface area contributed by atoms with Gasteiger partial charge in [0.2, 0.25) is 0 Å². The number of nitrogens with zero attached hydrogens (tertiary/aromatic N) is 9. The van der Waals surface area contributed by atoms with Crippen molar-refractivity contribution in [1.29, 1.82) is 0 Å². The van der Waals surface area contributed by atoms with Gasteiger partial charge in [-0.3, -0.25) is 0 Å². The van der Waals surface area contributed by atoms with E-state index in [0.717, 1.165) is 208 Å². The average molecular weight is 1780 g/mol. The van der Waals surface area contributed by atoms with Gasteiger partial charge in [0.05, 0.1) is 66.7 Å². The van der Waals surface area contributed by atoms with Gasteiger partial charge < -0.3 is 31.4 Å². The minimum absolute atomic E-state index is 0.428. The van der Waals surface area contributed by atoms with Gasteiger partial charge in [0.1, 0.15) is 44.7 Å². The van der Waals surface area contributed by atoms with E-state index in [2.05, 4.69) is 372 Å². The lowest BCUT2D eigenvalue weighted by Crippen LogP contribution is -2.04. The van der Waals surface area contributed by atoms with Crippen LogP contribution in [0.3, 0.4) is 0 Å². The zero-order valence-electron chi connectivity index (χ0n) is 73.2. The summed E-state index contributed by atoms with van der Waals surface area (Å²) in [5.74, 6) is 2.83. The van der Waals surface area contributed by atoms with E-state index >= 15 is 0 Å². The maximum Gasteiger partial charge on any atom is 0.167 e. The van der Waals surface area contributed by atoms with Crippen molar-refractivity contribution in [1.82, 2.24) is 43.6 Å². The summed E-state index contributed by atoms with van der Waals surface area (Å²) in [6, 6.07) is 145. The van der Waals surface area contributed by atoms with Crippen molar-refractivity contribution in [3.8, 4) is 96.5 Å². The number of furan rings is 4. The number of rotatable bonds is 10. The van der Waals surface area contributed by atoms with Gasteiger partial charge in [0.25, 0.3) is 0 Å². The number of aromatic nitrogens is 9. The summed E-state index contributed by atoms with van der Waals surface area (Å²) < 4.78 is 37.8. The molecular weight excluding hydrogens is 1710 g/mol. The molecule has 14 heteroatoms. The highest BCUT2D eigenvalue weighted by Gasteiger charge is 2.32. The Morgan fingerprint density at radius 3 is 1.16 bits per heavy atom. The summed E-state index contributed by atoms with van der Waals surface area (Å²) in [6.45, 7) is 0. The van der Waals surface area contributed by atoms with Crippen molar-refractivity contribution in [2.24, 2.45) is 0 Å². The normalized spacial score (nSPS) is 12.3. The summed E-state index contributed by atoms with van der Waals surface area (Å²) in [6.07, 6.45) is 0. The molecule has 10 heterocycles. The molecule has 0 aliphatic rings. The lowest BCUT2D eigenvalue weighted by atomic mass is 9.99. The fourth-order valence-corrected chi connectivity index (χ4v) is 23.6. The first-order chi connectivity index (χ1) is 68.4. The van der Waals surface area contributed by atoms with Gasteiger partial charge >= 0.3 is 0 Å². The molecular formula is C124H67N9O4S. The van der Waals surface area contributed by atoms with Crippen molar-refractivity contribution in [3.05, 3.63) is 406 Å². The van der Waals surface area contributed by atoms with Crippen molar-refractivity contribution < 1.29 is 17.7 Å². The van der Waals surface area contributed by atoms with Crippen LogP contribution < -0.4 is 0 Å². The molecule has 0 aliphatic carbocycles. The summed E-state index contributed by atoms with van der Waals surface area (Å²) in [5, 5.41) is 25.7. The zero-order chi connectivity index (χ0) is 89.8. The Kier molecular flexibility index (Phi) is 15.5. The number of para-hydroxylation sites is 6. The van der Waals surface area contributed by atoms with E-state index in [1.54, 1.807) is 11.3 Å². The molecule has 0 saturated heterocycles. The van der Waals surface area contributed by atoms with E-state index in [1.807, 2.05) is 48.5 Å². The highest BCUT2D eigenvalue weighted by molar-refractivity contribution is 7.25. The lowest BCUT2D eigenvalue weighted by Gasteiger charge is -2.16. The second kappa shape index (κ2) is 28.5. The van der Waals surface area contributed by atoms with E-state index in [0.29, 0.717) is 68.4 Å². The fraction of sp³-hybridized carbons (Fsp3) is 0. The Bertz CT molecular complexity index is 10700. The molecule has 31 rings (SSSR count). The van der Waals surface area contributed by atoms with Gasteiger partial charge in [0.15, 0.2) is 34.9 Å². The highest BCUT2D eigenvalue weighted by atomic mass is 32.1. The molecule has 10 aromatic heterocycles. The smallest absolute Gasteiger partial charge is 0.167 e. The largest absolute Gasteiger partial charge is 0.456 e. The van der Waals surface area contributed by atoms with Gasteiger partial charge in [-0.15, -0.1) is 11.3 Å². The summed E-state index contributed by atoms with van der Waals surface area (Å²) in [7, 11) is 0. The van der Waals surface area contributed by atoms with Gasteiger partial charge in [-0.25, -0.2) is 29.9 Å². The first-order valence-electron chi connectivity index (χ1n) is 46.4. The number of hydrogen-bond donors (Lipinski definition) is 0. The number of benzene rings is 21. The fourth-order valence-electron chi connectivity index (χ4n) is 22.5. The third-order valence-electron chi connectivity index (χ3n) is 28.7. The standard InChI is InChI=1S/C124H67N9O4S/c1-2-28-78(29-3-1)131-99-65-74(44-50-81(99)82-51-46-77(66-100(82)131)120-125-119(76-49-59-110-92(62-76)85-34-15-19-43-109(85)138-110)126-123(127-120)115-97(55-57-106-113(115)88-35-14-18-42-105(88)134-106)132-95-53-47-68-22-8-10-30-79(68)111(95)93-60-70-24-4-6-26-72(70)63-101(93)132)75-45-52-89-108(67-75)135-107-58-56-98(133-96-54-48-69-23-9-11-31-80(69)112(96)94-61-71-25-5-7-27-73(71)64-102(94)133)116(114(89)107)124-129-121(90-38-20-36-86-83-32-12-16-40-103(83)136-117(86)90)128-122(130-124)91-39-21-37-87-84-33-13-17-41-104(84)137-118(87)91/h1-67H. The van der Waals surface area contributed by atoms with Crippen LogP contribution in [0, 0.1) is 0 Å². The van der Waals surface area contributed by atoms with E-state index in [9.17, 15) is 0 Å². The maximum absolute atomic E-state index is 7.43. The molecule has 0 radical (unpaired) electrons. The molecule has 138 heavy (non-hydrogen) atoms. The zero-order valence-corrected chi connectivity index (χ0v) is 74.1. The topological polar surface area (TPSA) is 145 Å². The van der Waals surface area contributed by atoms with Crippen molar-refractivity contribution in [2.45, 2.75) is 0 Å². The third kappa shape index (κ3) is 11.0. The maximum atomic E-state index is 7.43. The second-order valence-electron chi connectivity index (χ2n) is 36.2. The Hall–Kier alpha value is -18.5. The number of thiophene rings is 1. The van der Waals surface area contributed by atoms with E-state index in [1.165, 1.54) is 36.3 Å². The Morgan fingerprint density at radius 1 is 0.188 bits per heavy atom. The molecule has 0 atom stereocenters. The number of fused-ring (bicyclic) bond motifs is 30. The molecule has 0 fully saturated rings. The van der Waals surface area contributed by atoms with Crippen LogP contribution in [0.4, 0.5) is 0 Å². The van der Waals surface area contributed by atoms with E-state index < -0.39 is 0 Å². The predicted molar refractivity (Wildman–Crippen MR) is 566 cm³/mol. The van der Waals surface area contributed by atoms with Crippen LogP contribution >= 0.6 is 11.3 Å². The van der Waals surface area contributed by atoms with Gasteiger partial charge in [-0.2, -0.15) is 0 Å². The molecule has 21 aromatic carbocycles. The molecule has 0 N–H and O–H groups in total. The molecule has 0 amide bonds. The third-order valence-corrected chi connectivity index (χ3v) is 29.8. The van der Waals surface area contributed by atoms with Crippen LogP contribution in [0.2, 0.25) is 0 Å². The van der Waals surface area contributed by atoms with Crippen LogP contribution in [0.5, 0.6) is 0 Å². The van der Waals surface area contributed by atoms with Gasteiger partial charge in [-0.05, 0) is 206 Å². The van der Waals surface area contributed by atoms with Crippen molar-refractivity contribution >= 4 is 228 Å². The Balaban J connectivity index is 0.622.